The Kier molecular flexibility index (Phi) is 4.94. The van der Waals surface area contributed by atoms with Gasteiger partial charge >= 0.3 is 0 Å². The average molecular weight is 433 g/mol. The van der Waals surface area contributed by atoms with E-state index in [2.05, 4.69) is 38.3 Å². The molecular formula is C23H24N6OS. The highest BCUT2D eigenvalue weighted by Gasteiger charge is 2.26. The predicted octanol–water partition coefficient (Wildman–Crippen LogP) is 3.77. The van der Waals surface area contributed by atoms with Crippen molar-refractivity contribution in [2.75, 3.05) is 0 Å². The summed E-state index contributed by atoms with van der Waals surface area (Å²) in [5, 5.41) is 8.37. The van der Waals surface area contributed by atoms with Crippen molar-refractivity contribution in [1.82, 2.24) is 29.6 Å². The first-order valence-electron chi connectivity index (χ1n) is 10.4. The van der Waals surface area contributed by atoms with E-state index in [-0.39, 0.29) is 11.9 Å². The number of imidazole rings is 1. The van der Waals surface area contributed by atoms with E-state index in [0.29, 0.717) is 12.1 Å². The zero-order valence-electron chi connectivity index (χ0n) is 17.8. The highest BCUT2D eigenvalue weighted by Crippen LogP contribution is 2.30. The molecule has 1 atom stereocenters. The average Bonchev–Trinajstić information content (AvgIpc) is 3.45. The van der Waals surface area contributed by atoms with Gasteiger partial charge in [-0.15, -0.1) is 11.3 Å². The van der Waals surface area contributed by atoms with Crippen LogP contribution in [0.2, 0.25) is 0 Å². The monoisotopic (exact) mass is 432 g/mol. The zero-order valence-corrected chi connectivity index (χ0v) is 18.6. The molecule has 4 heterocycles. The van der Waals surface area contributed by atoms with E-state index in [0.717, 1.165) is 51.2 Å². The second-order valence-corrected chi connectivity index (χ2v) is 9.16. The third kappa shape index (κ3) is 3.67. The molecule has 158 valence electrons. The predicted molar refractivity (Wildman–Crippen MR) is 121 cm³/mol. The van der Waals surface area contributed by atoms with Gasteiger partial charge in [-0.25, -0.2) is 9.97 Å². The summed E-state index contributed by atoms with van der Waals surface area (Å²) >= 11 is 1.59. The van der Waals surface area contributed by atoms with Crippen molar-refractivity contribution in [3.8, 4) is 21.8 Å². The van der Waals surface area contributed by atoms with Crippen LogP contribution in [0.4, 0.5) is 0 Å². The maximum absolute atomic E-state index is 13.2. The zero-order chi connectivity index (χ0) is 21.5. The normalized spacial score (nSPS) is 15.6. The Labute approximate surface area is 184 Å². The number of fused-ring (bicyclic) bond motifs is 1. The Balaban J connectivity index is 1.35. The summed E-state index contributed by atoms with van der Waals surface area (Å²) in [6.07, 6.45) is 5.41. The van der Waals surface area contributed by atoms with Crippen LogP contribution in [-0.4, -0.2) is 36.3 Å². The number of benzene rings is 1. The third-order valence-electron chi connectivity index (χ3n) is 5.82. The van der Waals surface area contributed by atoms with Crippen molar-refractivity contribution in [2.45, 2.75) is 39.3 Å². The molecule has 8 heteroatoms. The van der Waals surface area contributed by atoms with Crippen molar-refractivity contribution in [2.24, 2.45) is 7.05 Å². The minimum atomic E-state index is -0.117. The Bertz CT molecular complexity index is 1230. The number of aryl methyl sites for hydroxylation is 4. The lowest BCUT2D eigenvalue weighted by Gasteiger charge is -2.24. The van der Waals surface area contributed by atoms with Gasteiger partial charge in [0.2, 0.25) is 0 Å². The molecule has 5 rings (SSSR count). The molecule has 1 aliphatic heterocycles. The first kappa shape index (κ1) is 19.7. The van der Waals surface area contributed by atoms with E-state index in [1.54, 1.807) is 29.3 Å². The number of hydrogen-bond donors (Lipinski definition) is 1. The van der Waals surface area contributed by atoms with Gasteiger partial charge in [0.05, 0.1) is 23.1 Å². The van der Waals surface area contributed by atoms with Crippen LogP contribution in [0.15, 0.2) is 42.7 Å². The summed E-state index contributed by atoms with van der Waals surface area (Å²) < 4.78 is 3.83. The number of carbonyl (C=O) groups is 1. The lowest BCUT2D eigenvalue weighted by molar-refractivity contribution is 0.0921. The van der Waals surface area contributed by atoms with Gasteiger partial charge < -0.3 is 9.88 Å². The number of nitrogens with one attached hydrogen (secondary N) is 1. The van der Waals surface area contributed by atoms with Gasteiger partial charge in [-0.05, 0) is 20.3 Å². The van der Waals surface area contributed by atoms with E-state index >= 15 is 0 Å². The lowest BCUT2D eigenvalue weighted by atomic mass is 10.1. The number of aromatic nitrogens is 5. The molecule has 1 aliphatic rings. The summed E-state index contributed by atoms with van der Waals surface area (Å²) in [5.74, 6) is 0.889. The molecule has 0 bridgehead atoms. The van der Waals surface area contributed by atoms with Crippen molar-refractivity contribution in [3.05, 3.63) is 64.8 Å². The fourth-order valence-electron chi connectivity index (χ4n) is 4.00. The van der Waals surface area contributed by atoms with Crippen LogP contribution in [0.3, 0.4) is 0 Å². The molecule has 4 aromatic rings. The molecule has 0 saturated carbocycles. The molecule has 0 fully saturated rings. The molecule has 1 unspecified atom stereocenters. The Hall–Kier alpha value is -3.26. The van der Waals surface area contributed by atoms with Crippen LogP contribution < -0.4 is 5.32 Å². The molecule has 1 amide bonds. The Morgan fingerprint density at radius 1 is 1.19 bits per heavy atom. The number of hydrogen-bond acceptors (Lipinski definition) is 5. The molecule has 3 aromatic heterocycles. The summed E-state index contributed by atoms with van der Waals surface area (Å²) in [5.41, 5.74) is 4.41. The van der Waals surface area contributed by atoms with Crippen molar-refractivity contribution < 1.29 is 4.79 Å². The minimum absolute atomic E-state index is 0.0357. The van der Waals surface area contributed by atoms with Crippen molar-refractivity contribution >= 4 is 17.2 Å². The van der Waals surface area contributed by atoms with Gasteiger partial charge in [0, 0.05) is 42.7 Å². The van der Waals surface area contributed by atoms with Gasteiger partial charge in [0.1, 0.15) is 16.5 Å². The Morgan fingerprint density at radius 2 is 2.00 bits per heavy atom. The van der Waals surface area contributed by atoms with E-state index in [1.165, 1.54) is 0 Å². The molecule has 0 spiro atoms. The van der Waals surface area contributed by atoms with E-state index in [9.17, 15) is 4.79 Å². The number of thiazole rings is 1. The van der Waals surface area contributed by atoms with Crippen molar-refractivity contribution in [1.29, 1.82) is 0 Å². The molecule has 1 aromatic carbocycles. The first-order chi connectivity index (χ1) is 15.0. The van der Waals surface area contributed by atoms with Gasteiger partial charge in [0.15, 0.2) is 0 Å². The number of carbonyl (C=O) groups excluding carboxylic acids is 1. The fraction of sp³-hybridized carbons (Fsp3) is 0.304. The van der Waals surface area contributed by atoms with Crippen LogP contribution in [-0.2, 0) is 20.0 Å². The van der Waals surface area contributed by atoms with Gasteiger partial charge in [-0.1, -0.05) is 30.3 Å². The number of nitrogens with zero attached hydrogens (tertiary/aromatic N) is 5. The van der Waals surface area contributed by atoms with E-state index in [1.807, 2.05) is 32.0 Å². The second kappa shape index (κ2) is 7.77. The highest BCUT2D eigenvalue weighted by molar-refractivity contribution is 7.15. The van der Waals surface area contributed by atoms with E-state index < -0.39 is 0 Å². The molecular weight excluding hydrogens is 408 g/mol. The standard InChI is InChI=1S/C23H24N6OS/c1-14-15(2)31-23(25-14)18-12-24-28(3)21(18)22(30)26-17-9-10-29-13-19(27-20(29)11-17)16-7-5-4-6-8-16/h4-8,12-13,17H,9-11H2,1-3H3,(H,26,30). The molecule has 1 N–H and O–H groups in total. The smallest absolute Gasteiger partial charge is 0.270 e. The fourth-order valence-corrected chi connectivity index (χ4v) is 4.93. The van der Waals surface area contributed by atoms with Crippen LogP contribution in [0.5, 0.6) is 0 Å². The highest BCUT2D eigenvalue weighted by atomic mass is 32.1. The van der Waals surface area contributed by atoms with Crippen LogP contribution in [0.1, 0.15) is 33.3 Å². The number of amides is 1. The van der Waals surface area contributed by atoms with Crippen LogP contribution >= 0.6 is 11.3 Å². The topological polar surface area (TPSA) is 77.6 Å². The molecule has 0 saturated heterocycles. The third-order valence-corrected chi connectivity index (χ3v) is 6.93. The maximum atomic E-state index is 13.2. The quantitative estimate of drug-likeness (QED) is 0.533. The summed E-state index contributed by atoms with van der Waals surface area (Å²) in [6, 6.07) is 10.2. The summed E-state index contributed by atoms with van der Waals surface area (Å²) in [4.78, 5) is 23.8. The molecule has 31 heavy (non-hydrogen) atoms. The second-order valence-electron chi connectivity index (χ2n) is 7.96. The van der Waals surface area contributed by atoms with Crippen molar-refractivity contribution in [3.63, 3.8) is 0 Å². The summed E-state index contributed by atoms with van der Waals surface area (Å²) in [7, 11) is 1.80. The Morgan fingerprint density at radius 3 is 2.74 bits per heavy atom. The van der Waals surface area contributed by atoms with Crippen LogP contribution in [0.25, 0.3) is 21.8 Å². The SMILES string of the molecule is Cc1nc(-c2cnn(C)c2C(=O)NC2CCn3cc(-c4ccccc4)nc3C2)sc1C. The maximum Gasteiger partial charge on any atom is 0.270 e. The summed E-state index contributed by atoms with van der Waals surface area (Å²) in [6.45, 7) is 4.86. The molecule has 7 nitrogen and oxygen atoms in total. The van der Waals surface area contributed by atoms with Crippen LogP contribution in [0, 0.1) is 13.8 Å². The van der Waals surface area contributed by atoms with Gasteiger partial charge in [-0.3, -0.25) is 9.48 Å². The lowest BCUT2D eigenvalue weighted by Crippen LogP contribution is -2.41. The first-order valence-corrected chi connectivity index (χ1v) is 11.2. The molecule has 0 aliphatic carbocycles. The number of rotatable bonds is 4. The molecule has 0 radical (unpaired) electrons. The van der Waals surface area contributed by atoms with Gasteiger partial charge in [0.25, 0.3) is 5.91 Å². The largest absolute Gasteiger partial charge is 0.347 e. The van der Waals surface area contributed by atoms with E-state index in [4.69, 9.17) is 4.98 Å². The minimum Gasteiger partial charge on any atom is -0.347 e. The van der Waals surface area contributed by atoms with Gasteiger partial charge in [-0.2, -0.15) is 5.10 Å².